The Bertz CT molecular complexity index is 853. The van der Waals surface area contributed by atoms with Crippen molar-refractivity contribution in [2.24, 2.45) is 0 Å². The molecular weight excluding hydrogens is 392 g/mol. The van der Waals surface area contributed by atoms with Crippen LogP contribution in [0.25, 0.3) is 0 Å². The average Bonchev–Trinajstić information content (AvgIpc) is 2.91. The average molecular weight is 418 g/mol. The maximum Gasteiger partial charge on any atom is 0.334 e. The molecule has 6 amide bonds. The normalized spacial score (nSPS) is 13.8. The van der Waals surface area contributed by atoms with Crippen LogP contribution in [0.5, 0.6) is 5.75 Å². The largest absolute Gasteiger partial charge is 0.495 e. The first-order valence-corrected chi connectivity index (χ1v) is 9.60. The van der Waals surface area contributed by atoms with Gasteiger partial charge in [-0.05, 0) is 32.4 Å². The van der Waals surface area contributed by atoms with E-state index in [4.69, 9.17) is 4.74 Å². The number of nitrogens with one attached hydrogen (secondary N) is 1. The van der Waals surface area contributed by atoms with Crippen LogP contribution in [0.2, 0.25) is 0 Å². The van der Waals surface area contributed by atoms with Crippen LogP contribution in [0.1, 0.15) is 27.2 Å². The molecule has 10 heteroatoms. The third kappa shape index (κ3) is 4.94. The van der Waals surface area contributed by atoms with E-state index in [0.29, 0.717) is 22.8 Å². The Morgan fingerprint density at radius 3 is 2.37 bits per heavy atom. The van der Waals surface area contributed by atoms with Crippen LogP contribution in [-0.2, 0) is 19.2 Å². The molecule has 0 bridgehead atoms. The summed E-state index contributed by atoms with van der Waals surface area (Å²) in [7, 11) is 1.48. The molecule has 1 fully saturated rings. The second-order valence-corrected chi connectivity index (χ2v) is 7.01. The van der Waals surface area contributed by atoms with Gasteiger partial charge in [-0.3, -0.25) is 24.1 Å². The predicted molar refractivity (Wildman–Crippen MR) is 108 cm³/mol. The van der Waals surface area contributed by atoms with E-state index in [1.54, 1.807) is 38.1 Å². The predicted octanol–water partition coefficient (Wildman–Crippen LogP) is 1.07. The van der Waals surface area contributed by atoms with Crippen molar-refractivity contribution in [1.29, 1.82) is 0 Å². The highest BCUT2D eigenvalue weighted by Gasteiger charge is 2.46. The summed E-state index contributed by atoms with van der Waals surface area (Å²) in [6.07, 6.45) is 0.562. The van der Waals surface area contributed by atoms with Gasteiger partial charge in [-0.1, -0.05) is 19.1 Å². The van der Waals surface area contributed by atoms with Crippen molar-refractivity contribution < 1.29 is 28.7 Å². The molecule has 1 heterocycles. The summed E-state index contributed by atoms with van der Waals surface area (Å²) in [6, 6.07) is 5.50. The van der Waals surface area contributed by atoms with Gasteiger partial charge < -0.3 is 15.0 Å². The monoisotopic (exact) mass is 418 g/mol. The quantitative estimate of drug-likeness (QED) is 0.474. The van der Waals surface area contributed by atoms with Crippen molar-refractivity contribution in [2.75, 3.05) is 32.1 Å². The number of imide groups is 2. The van der Waals surface area contributed by atoms with Crippen molar-refractivity contribution >= 4 is 35.3 Å². The molecule has 1 N–H and O–H groups in total. The number of urea groups is 1. The minimum atomic E-state index is -1.04. The molecule has 162 valence electrons. The molecule has 0 saturated carbocycles. The highest BCUT2D eigenvalue weighted by molar-refractivity contribution is 6.45. The Morgan fingerprint density at radius 1 is 1.13 bits per heavy atom. The number of hydrogen-bond donors (Lipinski definition) is 1. The molecule has 0 aromatic heterocycles. The Hall–Kier alpha value is -3.43. The Morgan fingerprint density at radius 2 is 1.80 bits per heavy atom. The zero-order chi connectivity index (χ0) is 22.4. The van der Waals surface area contributed by atoms with E-state index >= 15 is 0 Å². The van der Waals surface area contributed by atoms with Crippen LogP contribution >= 0.6 is 0 Å². The fourth-order valence-corrected chi connectivity index (χ4v) is 3.03. The summed E-state index contributed by atoms with van der Waals surface area (Å²) in [5.74, 6) is -2.59. The van der Waals surface area contributed by atoms with E-state index < -0.39 is 42.2 Å². The summed E-state index contributed by atoms with van der Waals surface area (Å²) in [5.41, 5.74) is 0.456. The number of methoxy groups -OCH3 is 1. The maximum atomic E-state index is 12.7. The van der Waals surface area contributed by atoms with Gasteiger partial charge in [0, 0.05) is 12.6 Å². The van der Waals surface area contributed by atoms with Crippen LogP contribution in [0.15, 0.2) is 24.3 Å². The van der Waals surface area contributed by atoms with Crippen LogP contribution in [0.4, 0.5) is 10.5 Å². The topological polar surface area (TPSA) is 116 Å². The van der Waals surface area contributed by atoms with Gasteiger partial charge >= 0.3 is 17.8 Å². The van der Waals surface area contributed by atoms with Crippen LogP contribution < -0.4 is 10.1 Å². The first kappa shape index (κ1) is 22.9. The molecule has 1 aromatic carbocycles. The molecule has 0 atom stereocenters. The van der Waals surface area contributed by atoms with Gasteiger partial charge in [0.25, 0.3) is 0 Å². The minimum Gasteiger partial charge on any atom is -0.495 e. The molecule has 0 radical (unpaired) electrons. The molecule has 0 spiro atoms. The lowest BCUT2D eigenvalue weighted by molar-refractivity contribution is -0.145. The second kappa shape index (κ2) is 9.86. The molecule has 2 rings (SSSR count). The lowest BCUT2D eigenvalue weighted by Gasteiger charge is -2.24. The smallest absolute Gasteiger partial charge is 0.334 e. The summed E-state index contributed by atoms with van der Waals surface area (Å²) < 4.78 is 5.18. The Labute approximate surface area is 174 Å². The third-order valence-corrected chi connectivity index (χ3v) is 4.46. The highest BCUT2D eigenvalue weighted by Crippen LogP contribution is 2.23. The lowest BCUT2D eigenvalue weighted by Crippen LogP contribution is -2.46. The second-order valence-electron chi connectivity index (χ2n) is 7.01. The van der Waals surface area contributed by atoms with Gasteiger partial charge in [0.15, 0.2) is 0 Å². The molecule has 0 aliphatic carbocycles. The summed E-state index contributed by atoms with van der Waals surface area (Å²) in [4.78, 5) is 64.3. The van der Waals surface area contributed by atoms with E-state index in [-0.39, 0.29) is 13.1 Å². The number of amides is 6. The zero-order valence-corrected chi connectivity index (χ0v) is 17.5. The van der Waals surface area contributed by atoms with Crippen LogP contribution in [-0.4, -0.2) is 77.1 Å². The number of ether oxygens (including phenoxy) is 1. The van der Waals surface area contributed by atoms with Crippen molar-refractivity contribution in [2.45, 2.75) is 33.2 Å². The van der Waals surface area contributed by atoms with Crippen LogP contribution in [0, 0.1) is 0 Å². The number of anilines is 1. The maximum absolute atomic E-state index is 12.7. The van der Waals surface area contributed by atoms with Gasteiger partial charge in [0.2, 0.25) is 11.8 Å². The van der Waals surface area contributed by atoms with Crippen molar-refractivity contribution in [3.8, 4) is 5.75 Å². The zero-order valence-electron chi connectivity index (χ0n) is 17.5. The van der Waals surface area contributed by atoms with E-state index in [0.717, 1.165) is 4.90 Å². The highest BCUT2D eigenvalue weighted by atomic mass is 16.5. The summed E-state index contributed by atoms with van der Waals surface area (Å²) in [5, 5.41) is 2.68. The van der Waals surface area contributed by atoms with Crippen LogP contribution in [0.3, 0.4) is 0 Å². The number of hydrogen-bond acceptors (Lipinski definition) is 6. The fraction of sp³-hybridized carbons (Fsp3) is 0.450. The Balaban J connectivity index is 2.07. The van der Waals surface area contributed by atoms with E-state index in [2.05, 4.69) is 5.32 Å². The molecular formula is C20H26N4O6. The number of para-hydroxylation sites is 2. The molecule has 1 aromatic rings. The summed E-state index contributed by atoms with van der Waals surface area (Å²) in [6.45, 7) is 4.39. The van der Waals surface area contributed by atoms with Gasteiger partial charge in [-0.25, -0.2) is 9.69 Å². The van der Waals surface area contributed by atoms with Gasteiger partial charge in [0.1, 0.15) is 12.3 Å². The molecule has 1 saturated heterocycles. The number of nitrogens with zero attached hydrogens (tertiary/aromatic N) is 3. The first-order valence-electron chi connectivity index (χ1n) is 9.60. The van der Waals surface area contributed by atoms with Crippen molar-refractivity contribution in [1.82, 2.24) is 14.7 Å². The molecule has 30 heavy (non-hydrogen) atoms. The number of carbonyl (C=O) groups is 5. The first-order chi connectivity index (χ1) is 14.2. The molecule has 1 aliphatic heterocycles. The number of benzene rings is 1. The summed E-state index contributed by atoms with van der Waals surface area (Å²) >= 11 is 0. The lowest BCUT2D eigenvalue weighted by atomic mass is 10.3. The SMILES string of the molecule is CCCN(CC(=O)Nc1ccccc1OC)C(=O)CN1C(=O)C(=O)N(C(C)C)C1=O. The fourth-order valence-electron chi connectivity index (χ4n) is 3.03. The molecule has 1 aliphatic rings. The standard InChI is InChI=1S/C20H26N4O6/c1-5-10-22(11-16(25)21-14-8-6-7-9-15(14)30-4)17(26)12-23-18(27)19(28)24(13(2)3)20(23)29/h6-9,13H,5,10-12H2,1-4H3,(H,21,25). The van der Waals surface area contributed by atoms with E-state index in [9.17, 15) is 24.0 Å². The van der Waals surface area contributed by atoms with Crippen molar-refractivity contribution in [3.05, 3.63) is 24.3 Å². The Kier molecular flexibility index (Phi) is 7.51. The van der Waals surface area contributed by atoms with Crippen molar-refractivity contribution in [3.63, 3.8) is 0 Å². The number of rotatable bonds is 9. The van der Waals surface area contributed by atoms with E-state index in [1.807, 2.05) is 6.92 Å². The third-order valence-electron chi connectivity index (χ3n) is 4.46. The van der Waals surface area contributed by atoms with Gasteiger partial charge in [-0.2, -0.15) is 0 Å². The van der Waals surface area contributed by atoms with Gasteiger partial charge in [0.05, 0.1) is 19.3 Å². The minimum absolute atomic E-state index is 0.246. The van der Waals surface area contributed by atoms with Gasteiger partial charge in [-0.15, -0.1) is 0 Å². The molecule has 10 nitrogen and oxygen atoms in total. The van der Waals surface area contributed by atoms with E-state index in [1.165, 1.54) is 12.0 Å². The molecule has 0 unspecified atom stereocenters. The number of carbonyl (C=O) groups excluding carboxylic acids is 5.